The summed E-state index contributed by atoms with van der Waals surface area (Å²) in [5, 5.41) is 15.1. The highest BCUT2D eigenvalue weighted by Gasteiger charge is 2.24. The fraction of sp³-hybridized carbons (Fsp3) is 0.120. The maximum atomic E-state index is 13.2. The van der Waals surface area contributed by atoms with Crippen molar-refractivity contribution in [1.29, 1.82) is 0 Å². The Morgan fingerprint density at radius 1 is 0.970 bits per heavy atom. The van der Waals surface area contributed by atoms with Crippen LogP contribution >= 0.6 is 27.3 Å². The van der Waals surface area contributed by atoms with Crippen LogP contribution < -0.4 is 10.6 Å². The van der Waals surface area contributed by atoms with Crippen LogP contribution in [0.2, 0.25) is 0 Å². The van der Waals surface area contributed by atoms with Gasteiger partial charge in [0.15, 0.2) is 0 Å². The molecule has 2 amide bonds. The summed E-state index contributed by atoms with van der Waals surface area (Å²) in [6.45, 7) is 1.87. The molecule has 0 spiro atoms. The summed E-state index contributed by atoms with van der Waals surface area (Å²) in [6, 6.07) is 23.8. The van der Waals surface area contributed by atoms with E-state index in [0.717, 1.165) is 21.2 Å². The number of carbonyl (C=O) groups excluding carboxylic acids is 2. The largest absolute Gasteiger partial charge is 0.340 e. The van der Waals surface area contributed by atoms with Gasteiger partial charge in [0.2, 0.25) is 11.0 Å². The van der Waals surface area contributed by atoms with Crippen molar-refractivity contribution in [1.82, 2.24) is 15.5 Å². The van der Waals surface area contributed by atoms with Crippen molar-refractivity contribution in [2.75, 3.05) is 5.32 Å². The first kappa shape index (κ1) is 22.8. The van der Waals surface area contributed by atoms with E-state index in [9.17, 15) is 9.59 Å². The molecular formula is C25H21BrN4O2S. The third-order valence-corrected chi connectivity index (χ3v) is 6.40. The van der Waals surface area contributed by atoms with E-state index in [1.807, 2.05) is 73.7 Å². The molecule has 6 nitrogen and oxygen atoms in total. The zero-order valence-electron chi connectivity index (χ0n) is 17.8. The highest BCUT2D eigenvalue weighted by atomic mass is 79.9. The Morgan fingerprint density at radius 3 is 2.48 bits per heavy atom. The number of benzene rings is 3. The monoisotopic (exact) mass is 520 g/mol. The fourth-order valence-electron chi connectivity index (χ4n) is 3.33. The first-order valence-corrected chi connectivity index (χ1v) is 11.9. The van der Waals surface area contributed by atoms with Gasteiger partial charge in [0.1, 0.15) is 11.0 Å². The Kier molecular flexibility index (Phi) is 7.26. The molecule has 1 aromatic heterocycles. The van der Waals surface area contributed by atoms with Gasteiger partial charge in [-0.25, -0.2) is 0 Å². The number of nitrogens with one attached hydrogen (secondary N) is 2. The molecule has 0 fully saturated rings. The molecule has 4 aromatic rings. The average molecular weight is 521 g/mol. The fourth-order valence-corrected chi connectivity index (χ4v) is 4.47. The summed E-state index contributed by atoms with van der Waals surface area (Å²) >= 11 is 4.73. The average Bonchev–Trinajstić information content (AvgIpc) is 3.28. The van der Waals surface area contributed by atoms with Crippen LogP contribution in [0.15, 0.2) is 83.3 Å². The van der Waals surface area contributed by atoms with Gasteiger partial charge in [-0.15, -0.1) is 10.2 Å². The summed E-state index contributed by atoms with van der Waals surface area (Å²) in [5.41, 5.74) is 3.22. The topological polar surface area (TPSA) is 84.0 Å². The van der Waals surface area contributed by atoms with Crippen molar-refractivity contribution < 1.29 is 9.59 Å². The highest BCUT2D eigenvalue weighted by molar-refractivity contribution is 9.10. The second-order valence-corrected chi connectivity index (χ2v) is 9.34. The Labute approximate surface area is 204 Å². The molecule has 0 bridgehead atoms. The maximum Gasteiger partial charge on any atom is 0.252 e. The quantitative estimate of drug-likeness (QED) is 0.348. The van der Waals surface area contributed by atoms with Gasteiger partial charge in [0.25, 0.3) is 5.91 Å². The van der Waals surface area contributed by atoms with Crippen molar-refractivity contribution in [2.45, 2.75) is 19.4 Å². The Balaban J connectivity index is 1.53. The van der Waals surface area contributed by atoms with E-state index in [-0.39, 0.29) is 11.8 Å². The molecular weight excluding hydrogens is 500 g/mol. The highest BCUT2D eigenvalue weighted by Crippen LogP contribution is 2.28. The first-order valence-electron chi connectivity index (χ1n) is 10.3. The lowest BCUT2D eigenvalue weighted by Gasteiger charge is -2.18. The molecule has 0 radical (unpaired) electrons. The lowest BCUT2D eigenvalue weighted by Crippen LogP contribution is -2.45. The zero-order valence-corrected chi connectivity index (χ0v) is 20.2. The SMILES string of the molecule is Cc1ccccc1C(=O)NC(Cc1ccccc1)C(=O)Nc1nnc(-c2cccc(Br)c2)s1. The number of anilines is 1. The number of nitrogens with zero attached hydrogens (tertiary/aromatic N) is 2. The first-order chi connectivity index (χ1) is 16.0. The second kappa shape index (κ2) is 10.5. The van der Waals surface area contributed by atoms with Gasteiger partial charge < -0.3 is 5.32 Å². The second-order valence-electron chi connectivity index (χ2n) is 7.44. The number of hydrogen-bond donors (Lipinski definition) is 2. The molecule has 1 unspecified atom stereocenters. The summed E-state index contributed by atoms with van der Waals surface area (Å²) in [6.07, 6.45) is 0.349. The van der Waals surface area contributed by atoms with Gasteiger partial charge in [0.05, 0.1) is 0 Å². The molecule has 166 valence electrons. The number of aromatic nitrogens is 2. The third kappa shape index (κ3) is 5.91. The van der Waals surface area contributed by atoms with Crippen LogP contribution in [0.4, 0.5) is 5.13 Å². The van der Waals surface area contributed by atoms with Crippen LogP contribution in [-0.4, -0.2) is 28.1 Å². The normalized spacial score (nSPS) is 11.6. The molecule has 1 atom stereocenters. The predicted octanol–water partition coefficient (Wildman–Crippen LogP) is 5.26. The molecule has 33 heavy (non-hydrogen) atoms. The van der Waals surface area contributed by atoms with Crippen LogP contribution in [0.3, 0.4) is 0 Å². The Hall–Kier alpha value is -3.36. The van der Waals surface area contributed by atoms with E-state index in [1.54, 1.807) is 12.1 Å². The molecule has 0 saturated heterocycles. The third-order valence-electron chi connectivity index (χ3n) is 5.02. The van der Waals surface area contributed by atoms with Crippen LogP contribution in [-0.2, 0) is 11.2 Å². The van der Waals surface area contributed by atoms with Gasteiger partial charge in [-0.1, -0.05) is 87.9 Å². The van der Waals surface area contributed by atoms with E-state index < -0.39 is 6.04 Å². The molecule has 0 aliphatic heterocycles. The molecule has 3 aromatic carbocycles. The van der Waals surface area contributed by atoms with Gasteiger partial charge >= 0.3 is 0 Å². The van der Waals surface area contributed by atoms with Crippen molar-refractivity contribution in [3.63, 3.8) is 0 Å². The predicted molar refractivity (Wildman–Crippen MR) is 134 cm³/mol. The van der Waals surface area contributed by atoms with Crippen LogP contribution in [0.5, 0.6) is 0 Å². The summed E-state index contributed by atoms with van der Waals surface area (Å²) in [4.78, 5) is 26.1. The standard InChI is InChI=1S/C25H21BrN4O2S/c1-16-8-5-6-13-20(16)22(31)27-21(14-17-9-3-2-4-10-17)23(32)28-25-30-29-24(33-25)18-11-7-12-19(26)15-18/h2-13,15,21H,14H2,1H3,(H,27,31)(H,28,30,32). The van der Waals surface area contributed by atoms with Crippen molar-refractivity contribution >= 4 is 44.2 Å². The molecule has 0 aliphatic rings. The number of carbonyl (C=O) groups is 2. The number of halogens is 1. The number of amides is 2. The molecule has 1 heterocycles. The lowest BCUT2D eigenvalue weighted by atomic mass is 10.0. The minimum absolute atomic E-state index is 0.295. The molecule has 4 rings (SSSR count). The van der Waals surface area contributed by atoms with Crippen molar-refractivity contribution in [3.05, 3.63) is 100 Å². The molecule has 0 aliphatic carbocycles. The number of rotatable bonds is 7. The zero-order chi connectivity index (χ0) is 23.2. The maximum absolute atomic E-state index is 13.2. The van der Waals surface area contributed by atoms with Crippen molar-refractivity contribution in [2.24, 2.45) is 0 Å². The number of hydrogen-bond acceptors (Lipinski definition) is 5. The van der Waals surface area contributed by atoms with Gasteiger partial charge in [-0.3, -0.25) is 14.9 Å². The minimum atomic E-state index is -0.780. The lowest BCUT2D eigenvalue weighted by molar-refractivity contribution is -0.118. The van der Waals surface area contributed by atoms with Crippen LogP contribution in [0.1, 0.15) is 21.5 Å². The molecule has 0 saturated carbocycles. The summed E-state index contributed by atoms with van der Waals surface area (Å²) in [5.74, 6) is -0.644. The van der Waals surface area contributed by atoms with Crippen LogP contribution in [0.25, 0.3) is 10.6 Å². The summed E-state index contributed by atoms with van der Waals surface area (Å²) < 4.78 is 0.933. The van der Waals surface area contributed by atoms with E-state index in [1.165, 1.54) is 11.3 Å². The Morgan fingerprint density at radius 2 is 1.73 bits per heavy atom. The smallest absolute Gasteiger partial charge is 0.252 e. The van der Waals surface area contributed by atoms with Crippen LogP contribution in [0, 0.1) is 6.92 Å². The van der Waals surface area contributed by atoms with E-state index in [4.69, 9.17) is 0 Å². The number of aryl methyl sites for hydroxylation is 1. The summed E-state index contributed by atoms with van der Waals surface area (Å²) in [7, 11) is 0. The van der Waals surface area contributed by atoms with Gasteiger partial charge in [-0.05, 0) is 36.2 Å². The van der Waals surface area contributed by atoms with Gasteiger partial charge in [0, 0.05) is 22.0 Å². The minimum Gasteiger partial charge on any atom is -0.340 e. The Bertz CT molecular complexity index is 1280. The van der Waals surface area contributed by atoms with E-state index in [2.05, 4.69) is 36.8 Å². The molecule has 8 heteroatoms. The van der Waals surface area contributed by atoms with Crippen molar-refractivity contribution in [3.8, 4) is 10.6 Å². The van der Waals surface area contributed by atoms with Gasteiger partial charge in [-0.2, -0.15) is 0 Å². The molecule has 2 N–H and O–H groups in total. The van der Waals surface area contributed by atoms with E-state index >= 15 is 0 Å². The van der Waals surface area contributed by atoms with E-state index in [0.29, 0.717) is 22.1 Å².